The van der Waals surface area contributed by atoms with Crippen molar-refractivity contribution in [3.05, 3.63) is 108 Å². The van der Waals surface area contributed by atoms with E-state index in [1.54, 1.807) is 11.3 Å². The van der Waals surface area contributed by atoms with Crippen LogP contribution in [0.15, 0.2) is 102 Å². The largest absolute Gasteiger partial charge is 0.298 e. The van der Waals surface area contributed by atoms with E-state index >= 15 is 0 Å². The summed E-state index contributed by atoms with van der Waals surface area (Å²) in [6.45, 7) is 0. The van der Waals surface area contributed by atoms with Crippen LogP contribution < -0.4 is 5.32 Å². The molecule has 0 unspecified atom stereocenters. The summed E-state index contributed by atoms with van der Waals surface area (Å²) >= 11 is 3.14. The van der Waals surface area contributed by atoms with Gasteiger partial charge in [-0.1, -0.05) is 90.2 Å². The molecule has 5 heteroatoms. The summed E-state index contributed by atoms with van der Waals surface area (Å²) in [5, 5.41) is 5.62. The van der Waals surface area contributed by atoms with Crippen LogP contribution in [0.5, 0.6) is 0 Å². The zero-order valence-corrected chi connectivity index (χ0v) is 18.1. The van der Waals surface area contributed by atoms with Gasteiger partial charge in [-0.25, -0.2) is 4.98 Å². The number of rotatable bonds is 5. The Balaban J connectivity index is 1.42. The second kappa shape index (κ2) is 8.68. The lowest BCUT2D eigenvalue weighted by Gasteiger charge is -2.04. The van der Waals surface area contributed by atoms with Gasteiger partial charge in [0.1, 0.15) is 5.69 Å². The molecule has 0 aliphatic rings. The molecule has 0 atom stereocenters. The Morgan fingerprint density at radius 1 is 0.710 bits per heavy atom. The Morgan fingerprint density at radius 3 is 2.00 bits per heavy atom. The van der Waals surface area contributed by atoms with Crippen molar-refractivity contribution in [1.82, 2.24) is 4.98 Å². The Kier molecular flexibility index (Phi) is 5.44. The molecule has 1 N–H and O–H groups in total. The molecule has 150 valence electrons. The molecule has 0 aliphatic carbocycles. The van der Waals surface area contributed by atoms with Crippen LogP contribution >= 0.6 is 22.7 Å². The lowest BCUT2D eigenvalue weighted by Crippen LogP contribution is -2.11. The highest BCUT2D eigenvalue weighted by Crippen LogP contribution is 2.40. The van der Waals surface area contributed by atoms with Crippen LogP contribution in [0.2, 0.25) is 0 Å². The number of thiazole rings is 1. The molecular weight excluding hydrogens is 420 g/mol. The maximum absolute atomic E-state index is 12.9. The second-order valence-corrected chi connectivity index (χ2v) is 8.88. The van der Waals surface area contributed by atoms with Crippen LogP contribution in [0.3, 0.4) is 0 Å². The van der Waals surface area contributed by atoms with E-state index < -0.39 is 0 Å². The molecule has 3 nitrogen and oxygen atoms in total. The zero-order chi connectivity index (χ0) is 21.0. The third-order valence-electron chi connectivity index (χ3n) is 4.89. The van der Waals surface area contributed by atoms with Crippen molar-refractivity contribution in [2.24, 2.45) is 0 Å². The molecule has 0 spiro atoms. The van der Waals surface area contributed by atoms with Crippen LogP contribution in [0.1, 0.15) is 10.4 Å². The van der Waals surface area contributed by atoms with E-state index in [1.165, 1.54) is 11.3 Å². The molecule has 5 aromatic rings. The van der Waals surface area contributed by atoms with Crippen molar-refractivity contribution in [3.63, 3.8) is 0 Å². The highest BCUT2D eigenvalue weighted by molar-refractivity contribution is 7.20. The fraction of sp³-hybridized carbons (Fsp3) is 0. The van der Waals surface area contributed by atoms with Crippen molar-refractivity contribution in [1.29, 1.82) is 0 Å². The van der Waals surface area contributed by atoms with Crippen LogP contribution in [-0.4, -0.2) is 10.9 Å². The van der Waals surface area contributed by atoms with Gasteiger partial charge in [-0.15, -0.1) is 11.3 Å². The van der Waals surface area contributed by atoms with E-state index in [0.717, 1.165) is 32.1 Å². The minimum atomic E-state index is -0.161. The van der Waals surface area contributed by atoms with Crippen molar-refractivity contribution in [2.45, 2.75) is 0 Å². The van der Waals surface area contributed by atoms with Gasteiger partial charge >= 0.3 is 0 Å². The SMILES string of the molecule is O=C(Nc1nc(-c2cccs2)c(-c2ccccc2)s1)c1ccc(-c2ccccc2)cc1. The quantitative estimate of drug-likeness (QED) is 0.309. The zero-order valence-electron chi connectivity index (χ0n) is 16.5. The van der Waals surface area contributed by atoms with E-state index in [-0.39, 0.29) is 5.91 Å². The lowest BCUT2D eigenvalue weighted by atomic mass is 10.0. The first kappa shape index (κ1) is 19.4. The molecule has 0 bridgehead atoms. The van der Waals surface area contributed by atoms with Crippen LogP contribution in [0, 0.1) is 0 Å². The Labute approximate surface area is 188 Å². The number of aromatic nitrogens is 1. The fourth-order valence-corrected chi connectivity index (χ4v) is 5.12. The summed E-state index contributed by atoms with van der Waals surface area (Å²) in [6, 6.07) is 32.0. The molecule has 1 amide bonds. The standard InChI is InChI=1S/C26H18N2OS2/c29-25(21-15-13-19(14-16-21)18-8-3-1-4-9-18)28-26-27-23(22-12-7-17-30-22)24(31-26)20-10-5-2-6-11-20/h1-17H,(H,27,28,29). The summed E-state index contributed by atoms with van der Waals surface area (Å²) in [7, 11) is 0. The minimum absolute atomic E-state index is 0.161. The lowest BCUT2D eigenvalue weighted by molar-refractivity contribution is 0.102. The van der Waals surface area contributed by atoms with E-state index in [0.29, 0.717) is 10.7 Å². The molecule has 3 aromatic carbocycles. The third-order valence-corrected chi connectivity index (χ3v) is 6.79. The van der Waals surface area contributed by atoms with E-state index in [2.05, 4.69) is 35.6 Å². The van der Waals surface area contributed by atoms with Crippen LogP contribution in [0.25, 0.3) is 32.1 Å². The summed E-state index contributed by atoms with van der Waals surface area (Å²) in [4.78, 5) is 19.8. The number of carbonyl (C=O) groups excluding carboxylic acids is 1. The molecule has 0 aliphatic heterocycles. The smallest absolute Gasteiger partial charge is 0.257 e. The van der Waals surface area contributed by atoms with Crippen LogP contribution in [-0.2, 0) is 0 Å². The number of benzene rings is 3. The monoisotopic (exact) mass is 438 g/mol. The first-order chi connectivity index (χ1) is 15.3. The van der Waals surface area contributed by atoms with Crippen LogP contribution in [0.4, 0.5) is 5.13 Å². The van der Waals surface area contributed by atoms with Crippen molar-refractivity contribution in [3.8, 4) is 32.1 Å². The maximum Gasteiger partial charge on any atom is 0.257 e. The molecule has 0 saturated carbocycles. The van der Waals surface area contributed by atoms with Gasteiger partial charge < -0.3 is 0 Å². The molecule has 0 saturated heterocycles. The number of hydrogen-bond acceptors (Lipinski definition) is 4. The molecular formula is C26H18N2OS2. The van der Waals surface area contributed by atoms with Crippen molar-refractivity contribution in [2.75, 3.05) is 5.32 Å². The van der Waals surface area contributed by atoms with Gasteiger partial charge in [-0.3, -0.25) is 10.1 Å². The number of amides is 1. The average molecular weight is 439 g/mol. The second-order valence-electron chi connectivity index (χ2n) is 6.94. The average Bonchev–Trinajstić information content (AvgIpc) is 3.50. The first-order valence-electron chi connectivity index (χ1n) is 9.85. The van der Waals surface area contributed by atoms with Gasteiger partial charge in [0.15, 0.2) is 5.13 Å². The van der Waals surface area contributed by atoms with E-state index in [1.807, 2.05) is 72.1 Å². The Morgan fingerprint density at radius 2 is 1.35 bits per heavy atom. The summed E-state index contributed by atoms with van der Waals surface area (Å²) in [5.41, 5.74) is 4.81. The van der Waals surface area contributed by atoms with Crippen molar-refractivity contribution >= 4 is 33.7 Å². The third kappa shape index (κ3) is 4.19. The molecule has 2 aromatic heterocycles. The number of nitrogens with one attached hydrogen (secondary N) is 1. The van der Waals surface area contributed by atoms with Gasteiger partial charge in [0.05, 0.1) is 9.75 Å². The summed E-state index contributed by atoms with van der Waals surface area (Å²) in [5.74, 6) is -0.161. The van der Waals surface area contributed by atoms with E-state index in [4.69, 9.17) is 4.98 Å². The molecule has 2 heterocycles. The molecule has 31 heavy (non-hydrogen) atoms. The number of hydrogen-bond donors (Lipinski definition) is 1. The Hall–Kier alpha value is -3.54. The maximum atomic E-state index is 12.9. The number of anilines is 1. The van der Waals surface area contributed by atoms with E-state index in [9.17, 15) is 4.79 Å². The molecule has 5 rings (SSSR count). The minimum Gasteiger partial charge on any atom is -0.298 e. The predicted molar refractivity (Wildman–Crippen MR) is 131 cm³/mol. The fourth-order valence-electron chi connectivity index (χ4n) is 3.35. The molecule has 0 radical (unpaired) electrons. The van der Waals surface area contributed by atoms with Gasteiger partial charge in [0, 0.05) is 5.56 Å². The molecule has 0 fully saturated rings. The number of nitrogens with zero attached hydrogens (tertiary/aromatic N) is 1. The Bertz CT molecular complexity index is 1290. The number of thiophene rings is 1. The summed E-state index contributed by atoms with van der Waals surface area (Å²) < 4.78 is 0. The first-order valence-corrected chi connectivity index (χ1v) is 11.5. The highest BCUT2D eigenvalue weighted by Gasteiger charge is 2.17. The number of carbonyl (C=O) groups is 1. The topological polar surface area (TPSA) is 42.0 Å². The van der Waals surface area contributed by atoms with Gasteiger partial charge in [-0.05, 0) is 40.3 Å². The van der Waals surface area contributed by atoms with Gasteiger partial charge in [0.25, 0.3) is 5.91 Å². The summed E-state index contributed by atoms with van der Waals surface area (Å²) in [6.07, 6.45) is 0. The highest BCUT2D eigenvalue weighted by atomic mass is 32.1. The van der Waals surface area contributed by atoms with Gasteiger partial charge in [0.2, 0.25) is 0 Å². The van der Waals surface area contributed by atoms with Crippen molar-refractivity contribution < 1.29 is 4.79 Å². The van der Waals surface area contributed by atoms with Gasteiger partial charge in [-0.2, -0.15) is 0 Å². The predicted octanol–water partition coefficient (Wildman–Crippen LogP) is 7.46. The normalized spacial score (nSPS) is 10.7.